The van der Waals surface area contributed by atoms with E-state index in [2.05, 4.69) is 13.5 Å². The molecule has 0 saturated heterocycles. The fourth-order valence-corrected chi connectivity index (χ4v) is 2.24. The minimum Gasteiger partial charge on any atom is -0.0992 e. The predicted molar refractivity (Wildman–Crippen MR) is 39.0 cm³/mol. The summed E-state index contributed by atoms with van der Waals surface area (Å²) in [6.45, 7) is 6.43. The summed E-state index contributed by atoms with van der Waals surface area (Å²) < 4.78 is 0. The molecule has 1 atom stereocenters. The van der Waals surface area contributed by atoms with Crippen molar-refractivity contribution in [3.8, 4) is 0 Å². The standard InChI is InChI=1S/C9H13/c1-7-5-9(2)4-3-8(7)6-9/h1,3-6H2,2H3. The SMILES string of the molecule is C=C1CC2(C)CC[C]1C2. The van der Waals surface area contributed by atoms with Crippen LogP contribution in [0.1, 0.15) is 32.6 Å². The molecule has 2 rings (SSSR count). The van der Waals surface area contributed by atoms with Gasteiger partial charge in [0, 0.05) is 5.92 Å². The highest BCUT2D eigenvalue weighted by atomic mass is 14.5. The van der Waals surface area contributed by atoms with Crippen molar-refractivity contribution in [2.24, 2.45) is 5.41 Å². The second kappa shape index (κ2) is 1.42. The van der Waals surface area contributed by atoms with Gasteiger partial charge >= 0.3 is 0 Å². The van der Waals surface area contributed by atoms with Gasteiger partial charge in [-0.3, -0.25) is 0 Å². The maximum Gasteiger partial charge on any atom is 0.000857 e. The van der Waals surface area contributed by atoms with Gasteiger partial charge in [0.15, 0.2) is 0 Å². The average Bonchev–Trinajstić information content (AvgIpc) is 2.20. The zero-order chi connectivity index (χ0) is 6.48. The van der Waals surface area contributed by atoms with E-state index in [1.165, 1.54) is 31.3 Å². The molecule has 1 radical (unpaired) electrons. The lowest BCUT2D eigenvalue weighted by Gasteiger charge is -2.20. The summed E-state index contributed by atoms with van der Waals surface area (Å²) in [6.07, 6.45) is 5.39. The van der Waals surface area contributed by atoms with Gasteiger partial charge in [0.2, 0.25) is 0 Å². The van der Waals surface area contributed by atoms with Gasteiger partial charge in [-0.2, -0.15) is 0 Å². The van der Waals surface area contributed by atoms with E-state index in [0.29, 0.717) is 5.41 Å². The van der Waals surface area contributed by atoms with Crippen LogP contribution in [0.4, 0.5) is 0 Å². The summed E-state index contributed by atoms with van der Waals surface area (Å²) in [4.78, 5) is 0. The zero-order valence-corrected chi connectivity index (χ0v) is 6.04. The smallest absolute Gasteiger partial charge is 0.000857 e. The van der Waals surface area contributed by atoms with Gasteiger partial charge in [0.1, 0.15) is 0 Å². The van der Waals surface area contributed by atoms with Crippen molar-refractivity contribution in [3.05, 3.63) is 18.1 Å². The van der Waals surface area contributed by atoms with Crippen LogP contribution in [0.5, 0.6) is 0 Å². The molecular formula is C9H13. The van der Waals surface area contributed by atoms with E-state index in [0.717, 1.165) is 0 Å². The number of allylic oxidation sites excluding steroid dienone is 1. The molecule has 0 heterocycles. The second-order valence-corrected chi connectivity index (χ2v) is 3.87. The molecule has 2 fully saturated rings. The molecule has 2 aliphatic rings. The third kappa shape index (κ3) is 0.654. The highest BCUT2D eigenvalue weighted by molar-refractivity contribution is 5.33. The van der Waals surface area contributed by atoms with Crippen molar-refractivity contribution in [2.75, 3.05) is 0 Å². The Morgan fingerprint density at radius 3 is 2.44 bits per heavy atom. The molecule has 0 N–H and O–H groups in total. The number of fused-ring (bicyclic) bond motifs is 2. The first kappa shape index (κ1) is 5.52. The lowest BCUT2D eigenvalue weighted by molar-refractivity contribution is 0.357. The van der Waals surface area contributed by atoms with Gasteiger partial charge in [-0.15, -0.1) is 0 Å². The van der Waals surface area contributed by atoms with Crippen LogP contribution in [0.2, 0.25) is 0 Å². The molecule has 0 aromatic heterocycles. The summed E-state index contributed by atoms with van der Waals surface area (Å²) >= 11 is 0. The Hall–Kier alpha value is -0.260. The Labute approximate surface area is 57.0 Å². The van der Waals surface area contributed by atoms with E-state index < -0.39 is 0 Å². The lowest BCUT2D eigenvalue weighted by Crippen LogP contribution is -2.07. The molecule has 0 amide bonds. The van der Waals surface area contributed by atoms with Crippen LogP contribution in [-0.2, 0) is 0 Å². The predicted octanol–water partition coefficient (Wildman–Crippen LogP) is 2.71. The average molecular weight is 121 g/mol. The van der Waals surface area contributed by atoms with E-state index in [-0.39, 0.29) is 0 Å². The van der Waals surface area contributed by atoms with Crippen molar-refractivity contribution in [1.29, 1.82) is 0 Å². The summed E-state index contributed by atoms with van der Waals surface area (Å²) in [5.74, 6) is 1.66. The fourth-order valence-electron chi connectivity index (χ4n) is 2.24. The van der Waals surface area contributed by atoms with E-state index >= 15 is 0 Å². The van der Waals surface area contributed by atoms with E-state index in [9.17, 15) is 0 Å². The van der Waals surface area contributed by atoms with Gasteiger partial charge in [0.05, 0.1) is 0 Å². The molecule has 0 heteroatoms. The summed E-state index contributed by atoms with van der Waals surface area (Å²) in [6, 6.07) is 0. The molecule has 9 heavy (non-hydrogen) atoms. The fraction of sp³-hybridized carbons (Fsp3) is 0.667. The zero-order valence-electron chi connectivity index (χ0n) is 6.04. The molecule has 49 valence electrons. The van der Waals surface area contributed by atoms with Gasteiger partial charge in [-0.05, 0) is 31.1 Å². The van der Waals surface area contributed by atoms with Crippen LogP contribution in [0.3, 0.4) is 0 Å². The highest BCUT2D eigenvalue weighted by Gasteiger charge is 2.43. The van der Waals surface area contributed by atoms with Crippen LogP contribution < -0.4 is 0 Å². The first-order valence-corrected chi connectivity index (χ1v) is 3.72. The van der Waals surface area contributed by atoms with Crippen LogP contribution >= 0.6 is 0 Å². The largest absolute Gasteiger partial charge is 0.0992 e. The van der Waals surface area contributed by atoms with Crippen LogP contribution in [0.15, 0.2) is 12.2 Å². The van der Waals surface area contributed by atoms with Crippen molar-refractivity contribution < 1.29 is 0 Å². The minimum atomic E-state index is 0.645. The van der Waals surface area contributed by atoms with Crippen LogP contribution in [0, 0.1) is 11.3 Å². The lowest BCUT2D eigenvalue weighted by atomic mass is 9.85. The first-order chi connectivity index (χ1) is 4.20. The van der Waals surface area contributed by atoms with E-state index in [1.54, 1.807) is 5.92 Å². The molecule has 0 nitrogen and oxygen atoms in total. The molecule has 0 spiro atoms. The third-order valence-corrected chi connectivity index (χ3v) is 2.81. The summed E-state index contributed by atoms with van der Waals surface area (Å²) in [5.41, 5.74) is 2.09. The molecule has 0 aromatic carbocycles. The minimum absolute atomic E-state index is 0.645. The van der Waals surface area contributed by atoms with Gasteiger partial charge in [-0.25, -0.2) is 0 Å². The summed E-state index contributed by atoms with van der Waals surface area (Å²) in [5, 5.41) is 0. The normalized spacial score (nSPS) is 42.6. The molecule has 0 aliphatic heterocycles. The van der Waals surface area contributed by atoms with Crippen molar-refractivity contribution in [1.82, 2.24) is 0 Å². The molecule has 2 aliphatic carbocycles. The third-order valence-electron chi connectivity index (χ3n) is 2.81. The van der Waals surface area contributed by atoms with Crippen molar-refractivity contribution in [2.45, 2.75) is 32.6 Å². The van der Waals surface area contributed by atoms with Crippen molar-refractivity contribution in [3.63, 3.8) is 0 Å². The second-order valence-electron chi connectivity index (χ2n) is 3.87. The Bertz CT molecular complexity index is 157. The first-order valence-electron chi connectivity index (χ1n) is 3.72. The Kier molecular flexibility index (Phi) is 0.870. The van der Waals surface area contributed by atoms with Crippen molar-refractivity contribution >= 4 is 0 Å². The summed E-state index contributed by atoms with van der Waals surface area (Å²) in [7, 11) is 0. The maximum atomic E-state index is 4.05. The van der Waals surface area contributed by atoms with E-state index in [4.69, 9.17) is 0 Å². The Balaban J connectivity index is 2.28. The van der Waals surface area contributed by atoms with Gasteiger partial charge < -0.3 is 0 Å². The Morgan fingerprint density at radius 2 is 2.22 bits per heavy atom. The monoisotopic (exact) mass is 121 g/mol. The quantitative estimate of drug-likeness (QED) is 0.462. The molecule has 2 bridgehead atoms. The number of rotatable bonds is 0. The topological polar surface area (TPSA) is 0 Å². The number of hydrogen-bond acceptors (Lipinski definition) is 0. The van der Waals surface area contributed by atoms with E-state index in [1.807, 2.05) is 0 Å². The van der Waals surface area contributed by atoms with Crippen LogP contribution in [0.25, 0.3) is 0 Å². The highest BCUT2D eigenvalue weighted by Crippen LogP contribution is 2.56. The molecular weight excluding hydrogens is 108 g/mol. The molecule has 1 unspecified atom stereocenters. The Morgan fingerprint density at radius 1 is 1.44 bits per heavy atom. The maximum absolute atomic E-state index is 4.05. The van der Waals surface area contributed by atoms with Gasteiger partial charge in [0.25, 0.3) is 0 Å². The number of hydrogen-bond donors (Lipinski definition) is 0. The van der Waals surface area contributed by atoms with Gasteiger partial charge in [-0.1, -0.05) is 19.1 Å². The van der Waals surface area contributed by atoms with Crippen LogP contribution in [-0.4, -0.2) is 0 Å². The molecule has 0 aromatic rings. The molecule has 2 saturated carbocycles.